The molecule has 9 heteroatoms. The van der Waals surface area contributed by atoms with Gasteiger partial charge in [-0.15, -0.1) is 0 Å². The zero-order valence-electron chi connectivity index (χ0n) is 30.3. The summed E-state index contributed by atoms with van der Waals surface area (Å²) in [5, 5.41) is 0. The molecule has 1 saturated heterocycles. The second-order valence-corrected chi connectivity index (χ2v) is 19.5. The monoisotopic (exact) mass is 718 g/mol. The average molecular weight is 719 g/mol. The summed E-state index contributed by atoms with van der Waals surface area (Å²) >= 11 is 0. The fourth-order valence-corrected chi connectivity index (χ4v) is 17.9. The Morgan fingerprint density at radius 1 is 0.491 bits per heavy atom. The van der Waals surface area contributed by atoms with Crippen LogP contribution in [0.3, 0.4) is 0 Å². The van der Waals surface area contributed by atoms with Crippen LogP contribution in [0.4, 0.5) is 11.4 Å². The van der Waals surface area contributed by atoms with Crippen LogP contribution >= 0.6 is 0 Å². The van der Waals surface area contributed by atoms with Crippen molar-refractivity contribution in [2.75, 3.05) is 50.5 Å². The third kappa shape index (κ3) is 4.05. The van der Waals surface area contributed by atoms with Gasteiger partial charge in [0.05, 0.1) is 0 Å². The molecule has 8 nitrogen and oxygen atoms in total. The summed E-state index contributed by atoms with van der Waals surface area (Å²) in [6, 6.07) is 54.3. The molecule has 0 atom stereocenters. The van der Waals surface area contributed by atoms with Crippen molar-refractivity contribution in [1.82, 2.24) is 0 Å². The Morgan fingerprint density at radius 2 is 0.849 bits per heavy atom. The zero-order valence-corrected chi connectivity index (χ0v) is 31.3. The van der Waals surface area contributed by atoms with Gasteiger partial charge in [-0.1, -0.05) is 0 Å². The molecule has 53 heavy (non-hydrogen) atoms. The van der Waals surface area contributed by atoms with Crippen LogP contribution in [-0.4, -0.2) is 69.1 Å². The van der Waals surface area contributed by atoms with Crippen molar-refractivity contribution in [1.29, 1.82) is 0 Å². The Hall–Kier alpha value is -6.32. The molecule has 0 saturated carbocycles. The van der Waals surface area contributed by atoms with Gasteiger partial charge in [0, 0.05) is 0 Å². The third-order valence-electron chi connectivity index (χ3n) is 11.6. The van der Waals surface area contributed by atoms with Gasteiger partial charge in [0.15, 0.2) is 0 Å². The normalized spacial score (nSPS) is 18.9. The van der Waals surface area contributed by atoms with Crippen LogP contribution in [0.2, 0.25) is 0 Å². The van der Waals surface area contributed by atoms with Gasteiger partial charge in [-0.2, -0.15) is 0 Å². The molecule has 0 aromatic heterocycles. The summed E-state index contributed by atoms with van der Waals surface area (Å²) in [5.74, 6) is 2.67. The fraction of sp³-hybridized carbons (Fsp3) is 0.136. The summed E-state index contributed by atoms with van der Waals surface area (Å²) in [6.07, 6.45) is 0. The van der Waals surface area contributed by atoms with Crippen LogP contribution in [0.15, 0.2) is 158 Å². The number of hydrogen-bond donors (Lipinski definition) is 0. The molecule has 1 spiro atoms. The van der Waals surface area contributed by atoms with E-state index in [1.807, 2.05) is 24.3 Å². The first kappa shape index (κ1) is 32.6. The van der Waals surface area contributed by atoms with Crippen LogP contribution in [0.25, 0.3) is 0 Å². The Kier molecular flexibility index (Phi) is 7.13. The van der Waals surface area contributed by atoms with Crippen LogP contribution in [0.1, 0.15) is 22.3 Å². The van der Waals surface area contributed by atoms with Gasteiger partial charge in [0.25, 0.3) is 0 Å². The van der Waals surface area contributed by atoms with Crippen molar-refractivity contribution in [2.24, 2.45) is 0 Å². The van der Waals surface area contributed by atoms with Crippen molar-refractivity contribution in [3.63, 3.8) is 0 Å². The topological polar surface area (TPSA) is 49.4 Å². The first-order valence-electron chi connectivity index (χ1n) is 18.0. The van der Waals surface area contributed by atoms with Gasteiger partial charge in [0.1, 0.15) is 0 Å². The van der Waals surface area contributed by atoms with Gasteiger partial charge < -0.3 is 0 Å². The van der Waals surface area contributed by atoms with E-state index >= 15 is 0 Å². The Balaban J connectivity index is 1.60. The molecular formula is C44H42N4O4Si. The molecule has 1 fully saturated rings. The van der Waals surface area contributed by atoms with E-state index in [0.717, 1.165) is 45.1 Å². The summed E-state index contributed by atoms with van der Waals surface area (Å²) in [6.45, 7) is 1.17. The van der Waals surface area contributed by atoms with Crippen molar-refractivity contribution < 1.29 is 26.8 Å². The minimum absolute atomic E-state index is 0.584. The van der Waals surface area contributed by atoms with Crippen LogP contribution in [-0.2, 0) is 0 Å². The number of ether oxygens (including phenoxy) is 2. The number of benzene rings is 6. The first-order chi connectivity index (χ1) is 25.9. The minimum atomic E-state index is -6.19. The van der Waals surface area contributed by atoms with E-state index in [-0.39, 0.29) is 0 Å². The summed E-state index contributed by atoms with van der Waals surface area (Å²) in [7, 11) is 1.50. The molecule has 0 amide bonds. The number of anilines is 2. The van der Waals surface area contributed by atoms with E-state index in [2.05, 4.69) is 165 Å². The van der Waals surface area contributed by atoms with E-state index < -0.39 is 7.76 Å². The quantitative estimate of drug-likeness (QED) is 0.166. The average Bonchev–Trinajstić information content (AvgIpc) is 3.52. The maximum absolute atomic E-state index is 8.31. The molecule has 3 aliphatic rings. The summed E-state index contributed by atoms with van der Waals surface area (Å²) in [4.78, 5) is 0. The maximum atomic E-state index is 8.31. The van der Waals surface area contributed by atoms with Crippen LogP contribution in [0.5, 0.6) is 23.0 Å². The number of nitrogens with zero attached hydrogens (tertiary/aromatic N) is 4. The summed E-state index contributed by atoms with van der Waals surface area (Å²) in [5.41, 5.74) is 7.77. The van der Waals surface area contributed by atoms with E-state index in [9.17, 15) is 0 Å². The van der Waals surface area contributed by atoms with Crippen molar-refractivity contribution in [3.05, 3.63) is 180 Å². The van der Waals surface area contributed by atoms with Gasteiger partial charge in [-0.05, 0) is 0 Å². The summed E-state index contributed by atoms with van der Waals surface area (Å²) < 4.78 is 38.0. The van der Waals surface area contributed by atoms with Crippen molar-refractivity contribution >= 4 is 30.6 Å². The Bertz CT molecular complexity index is 2280. The van der Waals surface area contributed by atoms with Crippen molar-refractivity contribution in [3.8, 4) is 23.0 Å². The predicted octanol–water partition coefficient (Wildman–Crippen LogP) is 7.51. The van der Waals surface area contributed by atoms with Gasteiger partial charge in [0.2, 0.25) is 0 Å². The number of methoxy groups -OCH3 is 2. The van der Waals surface area contributed by atoms with Crippen molar-refractivity contribution in [2.45, 2.75) is 0 Å². The number of fused-ring (bicyclic) bond motifs is 2. The molecule has 3 heterocycles. The van der Waals surface area contributed by atoms with E-state index in [1.54, 1.807) is 14.2 Å². The third-order valence-corrected chi connectivity index (χ3v) is 19.6. The van der Waals surface area contributed by atoms with E-state index in [1.165, 1.54) is 0 Å². The predicted molar refractivity (Wildman–Crippen MR) is 212 cm³/mol. The Labute approximate surface area is 310 Å². The van der Waals surface area contributed by atoms with Gasteiger partial charge >= 0.3 is 311 Å². The fourth-order valence-electron chi connectivity index (χ4n) is 9.36. The molecule has 0 aliphatic carbocycles. The first-order valence-corrected chi connectivity index (χ1v) is 20.6. The second-order valence-electron chi connectivity index (χ2n) is 13.9. The number of hydrogen-bond acceptors (Lipinski definition) is 6. The number of rotatable bonds is 6. The molecule has 6 aromatic carbocycles. The van der Waals surface area contributed by atoms with Gasteiger partial charge in [-0.3, -0.25) is 0 Å². The SMILES string of the molecule is COc1ccc2c(c1)O[Si-2]13(Oc4cc(OC)ccc4C(c4ccccc4)=[N+]1C)(N(c1ccccc1)CCN3c1ccccc1)[N+](C)=C2c1ccccc1. The standard InChI is InChI=1S/C44H42N4O4Si/c1-45-43(33-17-9-5-10-18-33)39-27-25-37(49-3)31-41(39)51-53(45,47(35-21-13-7-14-22-35)29-30-48(53)36-23-15-8-16-24-36)46(2)44(34-19-11-6-12-20-34)40-28-26-38(50-4)32-42(40)52-53/h5-28,31-32H,29-30H2,1-4H3. The molecule has 0 unspecified atom stereocenters. The molecule has 0 radical (unpaired) electrons. The van der Waals surface area contributed by atoms with Crippen LogP contribution < -0.4 is 27.5 Å². The molecule has 266 valence electrons. The van der Waals surface area contributed by atoms with Crippen LogP contribution in [0, 0.1) is 0 Å². The molecule has 0 N–H and O–H groups in total. The molecule has 0 bridgehead atoms. The molecule has 6 aromatic rings. The Morgan fingerprint density at radius 3 is 1.21 bits per heavy atom. The zero-order chi connectivity index (χ0) is 36.3. The van der Waals surface area contributed by atoms with E-state index in [4.69, 9.17) is 18.3 Å². The molecular weight excluding hydrogens is 677 g/mol. The molecule has 9 rings (SSSR count). The van der Waals surface area contributed by atoms with Gasteiger partial charge in [-0.25, -0.2) is 0 Å². The second kappa shape index (κ2) is 11.6. The molecule has 3 aliphatic heterocycles. The number of para-hydroxylation sites is 2. The van der Waals surface area contributed by atoms with E-state index in [0.29, 0.717) is 36.1 Å².